The van der Waals surface area contributed by atoms with Crippen LogP contribution in [0.2, 0.25) is 0 Å². The van der Waals surface area contributed by atoms with Crippen LogP contribution in [0, 0.1) is 5.92 Å². The molecule has 0 aromatic carbocycles. The van der Waals surface area contributed by atoms with Crippen LogP contribution in [0.4, 0.5) is 0 Å². The van der Waals surface area contributed by atoms with Crippen molar-refractivity contribution in [1.29, 1.82) is 0 Å². The third-order valence-electron chi connectivity index (χ3n) is 1.11. The number of methoxy groups -OCH3 is 1. The number of hydrogen-bond donors (Lipinski definition) is 1. The second-order valence-corrected chi connectivity index (χ2v) is 2.14. The third-order valence-corrected chi connectivity index (χ3v) is 1.11. The molecule has 0 aromatic rings. The van der Waals surface area contributed by atoms with Crippen molar-refractivity contribution in [2.75, 3.05) is 20.3 Å². The third kappa shape index (κ3) is 8.21. The summed E-state index contributed by atoms with van der Waals surface area (Å²) in [5.74, 6) is 0.616. The molecule has 0 radical (unpaired) electrons. The van der Waals surface area contributed by atoms with Crippen LogP contribution in [0.5, 0.6) is 0 Å². The maximum atomic E-state index is 5.30. The van der Waals surface area contributed by atoms with Crippen molar-refractivity contribution in [3.05, 3.63) is 0 Å². The predicted octanol–water partition coefficient (Wildman–Crippen LogP) is 1.04. The Kier molecular flexibility index (Phi) is 10.9. The number of ether oxygens (including phenoxy) is 1. The van der Waals surface area contributed by atoms with E-state index in [0.29, 0.717) is 5.92 Å². The van der Waals surface area contributed by atoms with Crippen molar-refractivity contribution < 1.29 is 4.74 Å². The molecule has 0 bridgehead atoms. The average Bonchev–Trinajstić information content (AvgIpc) is 1.68. The van der Waals surface area contributed by atoms with E-state index in [1.54, 1.807) is 7.11 Å². The van der Waals surface area contributed by atoms with Gasteiger partial charge >= 0.3 is 0 Å². The van der Waals surface area contributed by atoms with Crippen molar-refractivity contribution in [2.24, 2.45) is 11.7 Å². The van der Waals surface area contributed by atoms with Gasteiger partial charge in [0.15, 0.2) is 0 Å². The normalized spacial score (nSPS) is 12.3. The van der Waals surface area contributed by atoms with Crippen molar-refractivity contribution in [2.45, 2.75) is 13.3 Å². The molecule has 0 spiro atoms. The van der Waals surface area contributed by atoms with E-state index in [-0.39, 0.29) is 12.4 Å². The van der Waals surface area contributed by atoms with Crippen LogP contribution in [-0.4, -0.2) is 20.3 Å². The molecule has 9 heavy (non-hydrogen) atoms. The van der Waals surface area contributed by atoms with Crippen molar-refractivity contribution in [3.63, 3.8) is 0 Å². The Labute approximate surface area is 63.2 Å². The van der Waals surface area contributed by atoms with Gasteiger partial charge in [0.05, 0.1) is 0 Å². The van der Waals surface area contributed by atoms with Gasteiger partial charge in [0.1, 0.15) is 0 Å². The summed E-state index contributed by atoms with van der Waals surface area (Å²) < 4.78 is 4.90. The van der Waals surface area contributed by atoms with Gasteiger partial charge in [-0.15, -0.1) is 12.4 Å². The van der Waals surface area contributed by atoms with Crippen molar-refractivity contribution >= 4 is 12.4 Å². The van der Waals surface area contributed by atoms with E-state index in [9.17, 15) is 0 Å². The Morgan fingerprint density at radius 3 is 2.44 bits per heavy atom. The van der Waals surface area contributed by atoms with E-state index in [1.807, 2.05) is 0 Å². The maximum Gasteiger partial charge on any atom is 0.0488 e. The van der Waals surface area contributed by atoms with E-state index in [1.165, 1.54) is 0 Å². The van der Waals surface area contributed by atoms with Gasteiger partial charge in [-0.25, -0.2) is 0 Å². The van der Waals surface area contributed by atoms with E-state index in [0.717, 1.165) is 19.6 Å². The summed E-state index contributed by atoms with van der Waals surface area (Å²) in [7, 11) is 1.72. The summed E-state index contributed by atoms with van der Waals surface area (Å²) in [4.78, 5) is 0. The van der Waals surface area contributed by atoms with Gasteiger partial charge in [-0.1, -0.05) is 6.92 Å². The van der Waals surface area contributed by atoms with Crippen molar-refractivity contribution in [3.8, 4) is 0 Å². The number of nitrogens with two attached hydrogens (primary N) is 1. The average molecular weight is 154 g/mol. The largest absolute Gasteiger partial charge is 0.384 e. The summed E-state index contributed by atoms with van der Waals surface area (Å²) >= 11 is 0. The summed E-state index contributed by atoms with van der Waals surface area (Å²) in [5, 5.41) is 0. The highest BCUT2D eigenvalue weighted by molar-refractivity contribution is 5.85. The highest BCUT2D eigenvalue weighted by Crippen LogP contribution is 1.98. The van der Waals surface area contributed by atoms with Gasteiger partial charge in [0.25, 0.3) is 0 Å². The Balaban J connectivity index is 0. The van der Waals surface area contributed by atoms with Gasteiger partial charge in [0, 0.05) is 13.7 Å². The first-order valence-electron chi connectivity index (χ1n) is 3.00. The zero-order valence-corrected chi connectivity index (χ0v) is 6.91. The lowest BCUT2D eigenvalue weighted by molar-refractivity contribution is 0.157. The SMILES string of the molecule is COCC(C)CCN.Cl. The van der Waals surface area contributed by atoms with E-state index in [4.69, 9.17) is 10.5 Å². The zero-order chi connectivity index (χ0) is 6.41. The van der Waals surface area contributed by atoms with E-state index in [2.05, 4.69) is 6.92 Å². The molecule has 0 heterocycles. The topological polar surface area (TPSA) is 35.2 Å². The summed E-state index contributed by atoms with van der Waals surface area (Å²) in [5.41, 5.74) is 5.30. The minimum Gasteiger partial charge on any atom is -0.384 e. The Morgan fingerprint density at radius 2 is 2.11 bits per heavy atom. The van der Waals surface area contributed by atoms with Gasteiger partial charge in [-0.05, 0) is 18.9 Å². The fraction of sp³-hybridized carbons (Fsp3) is 1.00. The van der Waals surface area contributed by atoms with Crippen LogP contribution in [0.1, 0.15) is 13.3 Å². The highest BCUT2D eigenvalue weighted by Gasteiger charge is 1.96. The summed E-state index contributed by atoms with van der Waals surface area (Å²) in [6.07, 6.45) is 1.06. The standard InChI is InChI=1S/C6H15NO.ClH/c1-6(3-4-7)5-8-2;/h6H,3-5,7H2,1-2H3;1H. The number of halogens is 1. The molecule has 0 aromatic heterocycles. The fourth-order valence-corrected chi connectivity index (χ4v) is 0.652. The second-order valence-electron chi connectivity index (χ2n) is 2.14. The van der Waals surface area contributed by atoms with Gasteiger partial charge < -0.3 is 10.5 Å². The molecule has 0 aliphatic carbocycles. The van der Waals surface area contributed by atoms with Crippen LogP contribution in [-0.2, 0) is 4.74 Å². The molecule has 2 nitrogen and oxygen atoms in total. The first-order valence-corrected chi connectivity index (χ1v) is 3.00. The van der Waals surface area contributed by atoms with Crippen LogP contribution in [0.25, 0.3) is 0 Å². The minimum atomic E-state index is 0. The van der Waals surface area contributed by atoms with Gasteiger partial charge in [-0.3, -0.25) is 0 Å². The number of rotatable bonds is 4. The fourth-order valence-electron chi connectivity index (χ4n) is 0.652. The molecule has 0 fully saturated rings. The van der Waals surface area contributed by atoms with E-state index < -0.39 is 0 Å². The Morgan fingerprint density at radius 1 is 1.56 bits per heavy atom. The first-order chi connectivity index (χ1) is 3.81. The molecule has 0 aliphatic rings. The molecule has 0 aliphatic heterocycles. The molecule has 58 valence electrons. The molecule has 0 saturated heterocycles. The Hall–Kier alpha value is 0.210. The molecule has 0 saturated carbocycles. The summed E-state index contributed by atoms with van der Waals surface area (Å²) in [6.45, 7) is 3.73. The molecular weight excluding hydrogens is 138 g/mol. The quantitative estimate of drug-likeness (QED) is 0.655. The summed E-state index contributed by atoms with van der Waals surface area (Å²) in [6, 6.07) is 0. The number of hydrogen-bond acceptors (Lipinski definition) is 2. The first kappa shape index (κ1) is 11.9. The van der Waals surface area contributed by atoms with Gasteiger partial charge in [0.2, 0.25) is 0 Å². The molecule has 1 atom stereocenters. The predicted molar refractivity (Wildman–Crippen MR) is 42.0 cm³/mol. The smallest absolute Gasteiger partial charge is 0.0488 e. The van der Waals surface area contributed by atoms with Crippen LogP contribution in [0.15, 0.2) is 0 Å². The lowest BCUT2D eigenvalue weighted by atomic mass is 10.1. The molecule has 0 amide bonds. The van der Waals surface area contributed by atoms with Crippen molar-refractivity contribution in [1.82, 2.24) is 0 Å². The highest BCUT2D eigenvalue weighted by atomic mass is 35.5. The lowest BCUT2D eigenvalue weighted by Crippen LogP contribution is -2.09. The zero-order valence-electron chi connectivity index (χ0n) is 6.09. The molecular formula is C6H16ClNO. The second kappa shape index (κ2) is 8.21. The molecule has 0 rings (SSSR count). The van der Waals surface area contributed by atoms with E-state index >= 15 is 0 Å². The molecule has 3 heteroatoms. The molecule has 1 unspecified atom stereocenters. The van der Waals surface area contributed by atoms with Crippen LogP contribution in [0.3, 0.4) is 0 Å². The van der Waals surface area contributed by atoms with Crippen LogP contribution >= 0.6 is 12.4 Å². The molecule has 2 N–H and O–H groups in total. The van der Waals surface area contributed by atoms with Gasteiger partial charge in [-0.2, -0.15) is 0 Å². The minimum absolute atomic E-state index is 0. The maximum absolute atomic E-state index is 5.30. The lowest BCUT2D eigenvalue weighted by Gasteiger charge is -2.06. The van der Waals surface area contributed by atoms with Crippen LogP contribution < -0.4 is 5.73 Å². The Bertz CT molecular complexity index is 46.3. The monoisotopic (exact) mass is 153 g/mol.